The number of aromatic nitrogens is 4. The first-order valence-corrected chi connectivity index (χ1v) is 7.31. The topological polar surface area (TPSA) is 58.9 Å². The summed E-state index contributed by atoms with van der Waals surface area (Å²) < 4.78 is 1.75. The maximum atomic E-state index is 4.33. The first-order valence-electron chi connectivity index (χ1n) is 7.31. The Bertz CT molecular complexity index is 752. The Morgan fingerprint density at radius 3 is 2.77 bits per heavy atom. The lowest BCUT2D eigenvalue weighted by atomic mass is 10.2. The number of hydrogen-bond acceptors (Lipinski definition) is 5. The van der Waals surface area contributed by atoms with Gasteiger partial charge in [0.2, 0.25) is 0 Å². The normalized spacial score (nSPS) is 12.3. The zero-order valence-corrected chi connectivity index (χ0v) is 13.1. The summed E-state index contributed by atoms with van der Waals surface area (Å²) in [5.74, 6) is 0.825. The van der Waals surface area contributed by atoms with Gasteiger partial charge in [-0.25, -0.2) is 9.97 Å². The number of para-hydroxylation sites is 1. The number of nitrogens with zero attached hydrogens (tertiary/aromatic N) is 5. The van der Waals surface area contributed by atoms with E-state index in [2.05, 4.69) is 63.5 Å². The van der Waals surface area contributed by atoms with Crippen LogP contribution in [0, 0.1) is 0 Å². The van der Waals surface area contributed by atoms with Gasteiger partial charge in [0.05, 0.1) is 11.6 Å². The van der Waals surface area contributed by atoms with Gasteiger partial charge in [0.15, 0.2) is 5.65 Å². The Morgan fingerprint density at radius 1 is 1.23 bits per heavy atom. The molecular formula is C16H20N6. The molecule has 3 rings (SSSR count). The van der Waals surface area contributed by atoms with E-state index in [0.29, 0.717) is 6.04 Å². The highest BCUT2D eigenvalue weighted by Crippen LogP contribution is 2.19. The summed E-state index contributed by atoms with van der Waals surface area (Å²) in [5, 5.41) is 8.58. The third kappa shape index (κ3) is 2.72. The molecule has 6 heteroatoms. The standard InChI is InChI=1S/C16H20N6/c1-12(21(2)13-7-5-4-6-8-13)9-17-15-14-10-20-22(3)16(14)19-11-18-15/h4-8,10-12H,9H2,1-3H3,(H,17,18,19)/t12-/m0/s1. The summed E-state index contributed by atoms with van der Waals surface area (Å²) >= 11 is 0. The van der Waals surface area contributed by atoms with Crippen LogP contribution in [-0.4, -0.2) is 39.4 Å². The minimum Gasteiger partial charge on any atom is -0.370 e. The van der Waals surface area contributed by atoms with Crippen LogP contribution in [0.3, 0.4) is 0 Å². The Balaban J connectivity index is 1.71. The molecule has 0 aliphatic heterocycles. The highest BCUT2D eigenvalue weighted by Gasteiger charge is 2.12. The first-order chi connectivity index (χ1) is 10.7. The summed E-state index contributed by atoms with van der Waals surface area (Å²) in [4.78, 5) is 10.8. The van der Waals surface area contributed by atoms with E-state index in [0.717, 1.165) is 23.4 Å². The quantitative estimate of drug-likeness (QED) is 0.783. The summed E-state index contributed by atoms with van der Waals surface area (Å²) in [6, 6.07) is 10.7. The van der Waals surface area contributed by atoms with Crippen LogP contribution in [-0.2, 0) is 7.05 Å². The zero-order chi connectivity index (χ0) is 15.5. The number of nitrogens with one attached hydrogen (secondary N) is 1. The zero-order valence-electron chi connectivity index (χ0n) is 13.1. The van der Waals surface area contributed by atoms with Crippen LogP contribution in [0.1, 0.15) is 6.92 Å². The fourth-order valence-corrected chi connectivity index (χ4v) is 2.40. The van der Waals surface area contributed by atoms with Crippen molar-refractivity contribution in [1.82, 2.24) is 19.7 Å². The lowest BCUT2D eigenvalue weighted by molar-refractivity contribution is 0.715. The van der Waals surface area contributed by atoms with E-state index in [9.17, 15) is 0 Å². The van der Waals surface area contributed by atoms with Crippen molar-refractivity contribution in [1.29, 1.82) is 0 Å². The van der Waals surface area contributed by atoms with Crippen molar-refractivity contribution in [3.8, 4) is 0 Å². The van der Waals surface area contributed by atoms with Crippen LogP contribution >= 0.6 is 0 Å². The Kier molecular flexibility index (Phi) is 3.91. The second-order valence-electron chi connectivity index (χ2n) is 5.40. The number of hydrogen-bond donors (Lipinski definition) is 1. The average molecular weight is 296 g/mol. The van der Waals surface area contributed by atoms with Crippen molar-refractivity contribution < 1.29 is 0 Å². The second kappa shape index (κ2) is 6.01. The van der Waals surface area contributed by atoms with Gasteiger partial charge >= 0.3 is 0 Å². The molecule has 1 aromatic carbocycles. The summed E-state index contributed by atoms with van der Waals surface area (Å²) in [6.45, 7) is 2.97. The van der Waals surface area contributed by atoms with Gasteiger partial charge < -0.3 is 10.2 Å². The highest BCUT2D eigenvalue weighted by atomic mass is 15.3. The number of anilines is 2. The number of aryl methyl sites for hydroxylation is 1. The molecule has 0 saturated carbocycles. The van der Waals surface area contributed by atoms with Gasteiger partial charge in [-0.2, -0.15) is 5.10 Å². The molecule has 0 fully saturated rings. The smallest absolute Gasteiger partial charge is 0.163 e. The SMILES string of the molecule is C[C@@H](CNc1ncnc2c1cnn2C)N(C)c1ccccc1. The second-order valence-corrected chi connectivity index (χ2v) is 5.40. The molecule has 0 aliphatic carbocycles. The summed E-state index contributed by atoms with van der Waals surface area (Å²) in [7, 11) is 3.98. The van der Waals surface area contributed by atoms with Crippen LogP contribution in [0.15, 0.2) is 42.9 Å². The van der Waals surface area contributed by atoms with Crippen LogP contribution < -0.4 is 10.2 Å². The fraction of sp³-hybridized carbons (Fsp3) is 0.312. The molecule has 0 amide bonds. The fourth-order valence-electron chi connectivity index (χ4n) is 2.40. The van der Waals surface area contributed by atoms with E-state index >= 15 is 0 Å². The third-order valence-corrected chi connectivity index (χ3v) is 3.92. The van der Waals surface area contributed by atoms with E-state index < -0.39 is 0 Å². The van der Waals surface area contributed by atoms with Crippen molar-refractivity contribution in [2.75, 3.05) is 23.8 Å². The predicted octanol–water partition coefficient (Wildman–Crippen LogP) is 2.30. The summed E-state index contributed by atoms with van der Waals surface area (Å²) in [6.07, 6.45) is 3.36. The Morgan fingerprint density at radius 2 is 2.00 bits per heavy atom. The van der Waals surface area contributed by atoms with Gasteiger partial charge in [-0.3, -0.25) is 4.68 Å². The maximum absolute atomic E-state index is 4.33. The summed E-state index contributed by atoms with van der Waals surface area (Å²) in [5.41, 5.74) is 2.03. The molecule has 2 heterocycles. The van der Waals surface area contributed by atoms with Gasteiger partial charge in [0.25, 0.3) is 0 Å². The molecule has 0 aliphatic rings. The third-order valence-electron chi connectivity index (χ3n) is 3.92. The van der Waals surface area contributed by atoms with Crippen molar-refractivity contribution in [2.24, 2.45) is 7.05 Å². The molecule has 0 bridgehead atoms. The molecule has 0 saturated heterocycles. The monoisotopic (exact) mass is 296 g/mol. The molecule has 3 aromatic rings. The van der Waals surface area contributed by atoms with Crippen molar-refractivity contribution in [2.45, 2.75) is 13.0 Å². The maximum Gasteiger partial charge on any atom is 0.163 e. The molecule has 114 valence electrons. The van der Waals surface area contributed by atoms with Crippen molar-refractivity contribution in [3.63, 3.8) is 0 Å². The highest BCUT2D eigenvalue weighted by molar-refractivity contribution is 5.85. The van der Waals surface area contributed by atoms with Crippen molar-refractivity contribution in [3.05, 3.63) is 42.9 Å². The lowest BCUT2D eigenvalue weighted by Gasteiger charge is -2.27. The number of rotatable bonds is 5. The lowest BCUT2D eigenvalue weighted by Crippen LogP contribution is -2.34. The minimum absolute atomic E-state index is 0.323. The van der Waals surface area contributed by atoms with E-state index in [4.69, 9.17) is 0 Å². The molecule has 0 spiro atoms. The molecule has 1 N–H and O–H groups in total. The molecule has 0 unspecified atom stereocenters. The molecule has 6 nitrogen and oxygen atoms in total. The number of fused-ring (bicyclic) bond motifs is 1. The predicted molar refractivity (Wildman–Crippen MR) is 89.1 cm³/mol. The molecule has 1 atom stereocenters. The van der Waals surface area contributed by atoms with Gasteiger partial charge in [0.1, 0.15) is 12.1 Å². The van der Waals surface area contributed by atoms with E-state index in [1.165, 1.54) is 5.69 Å². The van der Waals surface area contributed by atoms with Crippen molar-refractivity contribution >= 4 is 22.5 Å². The Hall–Kier alpha value is -2.63. The first kappa shape index (κ1) is 14.3. The molecule has 22 heavy (non-hydrogen) atoms. The number of likely N-dealkylation sites (N-methyl/N-ethyl adjacent to an activating group) is 1. The number of benzene rings is 1. The van der Waals surface area contributed by atoms with Gasteiger partial charge in [-0.05, 0) is 19.1 Å². The van der Waals surface area contributed by atoms with Crippen LogP contribution in [0.5, 0.6) is 0 Å². The van der Waals surface area contributed by atoms with Gasteiger partial charge in [-0.15, -0.1) is 0 Å². The van der Waals surface area contributed by atoms with Crippen LogP contribution in [0.2, 0.25) is 0 Å². The minimum atomic E-state index is 0.323. The van der Waals surface area contributed by atoms with Crippen LogP contribution in [0.25, 0.3) is 11.0 Å². The van der Waals surface area contributed by atoms with E-state index in [1.807, 2.05) is 13.1 Å². The largest absolute Gasteiger partial charge is 0.370 e. The Labute approximate surface area is 129 Å². The molecule has 0 radical (unpaired) electrons. The molecule has 2 aromatic heterocycles. The molecular weight excluding hydrogens is 276 g/mol. The van der Waals surface area contributed by atoms with E-state index in [1.54, 1.807) is 17.2 Å². The van der Waals surface area contributed by atoms with Gasteiger partial charge in [0, 0.05) is 32.4 Å². The van der Waals surface area contributed by atoms with E-state index in [-0.39, 0.29) is 0 Å². The average Bonchev–Trinajstić information content (AvgIpc) is 2.95. The van der Waals surface area contributed by atoms with Crippen LogP contribution in [0.4, 0.5) is 11.5 Å². The van der Waals surface area contributed by atoms with Gasteiger partial charge in [-0.1, -0.05) is 18.2 Å².